The largest absolute Gasteiger partial charge is 0.446 e. The van der Waals surface area contributed by atoms with E-state index >= 15 is 4.39 Å². The highest BCUT2D eigenvalue weighted by Crippen LogP contribution is 2.38. The smallest absolute Gasteiger partial charge is 0.416 e. The Hall–Kier alpha value is -2.82. The zero-order valence-electron chi connectivity index (χ0n) is 19.3. The van der Waals surface area contributed by atoms with Gasteiger partial charge >= 0.3 is 18.4 Å². The molecule has 2 aromatic carbocycles. The number of hydrogen-bond donors (Lipinski definition) is 1. The van der Waals surface area contributed by atoms with Crippen molar-refractivity contribution in [2.24, 2.45) is 0 Å². The summed E-state index contributed by atoms with van der Waals surface area (Å²) in [5, 5.41) is 2.91. The fourth-order valence-electron chi connectivity index (χ4n) is 4.00. The zero-order chi connectivity index (χ0) is 26.1. The standard InChI is InChI=1S/C24H25F7N2O2/c1-13(2)35-22(34)33-8-4-5-18(20-19(33)7-6-14(3)21(20)25)32-12-15-9-16(23(26,27)28)11-17(10-15)24(29,30)31/h6-7,9-11,13,18,32H,4-5,8,12H2,1-3H3. The van der Waals surface area contributed by atoms with Crippen LogP contribution in [0, 0.1) is 12.7 Å². The summed E-state index contributed by atoms with van der Waals surface area (Å²) in [6, 6.07) is 3.63. The number of alkyl halides is 6. The number of aryl methyl sites for hydroxylation is 1. The van der Waals surface area contributed by atoms with Gasteiger partial charge in [-0.15, -0.1) is 0 Å². The van der Waals surface area contributed by atoms with Crippen LogP contribution < -0.4 is 10.2 Å². The Labute approximate surface area is 198 Å². The first-order valence-corrected chi connectivity index (χ1v) is 11.0. The summed E-state index contributed by atoms with van der Waals surface area (Å²) in [5.74, 6) is -0.607. The number of anilines is 1. The summed E-state index contributed by atoms with van der Waals surface area (Å²) < 4.78 is 99.7. The predicted molar refractivity (Wildman–Crippen MR) is 115 cm³/mol. The lowest BCUT2D eigenvalue weighted by Crippen LogP contribution is -2.34. The van der Waals surface area contributed by atoms with Crippen molar-refractivity contribution >= 4 is 11.8 Å². The van der Waals surface area contributed by atoms with Crippen LogP contribution >= 0.6 is 0 Å². The molecule has 2 aromatic rings. The van der Waals surface area contributed by atoms with Crippen LogP contribution in [-0.4, -0.2) is 18.7 Å². The first-order valence-electron chi connectivity index (χ1n) is 11.0. The second-order valence-corrected chi connectivity index (χ2v) is 8.70. The SMILES string of the molecule is Cc1ccc2c(c1F)C(NCc1cc(C(F)(F)F)cc(C(F)(F)F)c1)CCCN2C(=O)OC(C)C. The van der Waals surface area contributed by atoms with Gasteiger partial charge in [-0.1, -0.05) is 6.07 Å². The van der Waals surface area contributed by atoms with E-state index in [2.05, 4.69) is 5.32 Å². The molecule has 0 saturated heterocycles. The molecule has 1 heterocycles. The highest BCUT2D eigenvalue weighted by molar-refractivity contribution is 5.89. The quantitative estimate of drug-likeness (QED) is 0.448. The summed E-state index contributed by atoms with van der Waals surface area (Å²) in [5.41, 5.74) is -2.44. The molecule has 1 aliphatic rings. The van der Waals surface area contributed by atoms with Gasteiger partial charge in [-0.05, 0) is 69.0 Å². The predicted octanol–water partition coefficient (Wildman–Crippen LogP) is 7.15. The number of rotatable bonds is 4. The van der Waals surface area contributed by atoms with E-state index in [1.807, 2.05) is 0 Å². The highest BCUT2D eigenvalue weighted by Gasteiger charge is 2.37. The molecule has 1 N–H and O–H groups in total. The topological polar surface area (TPSA) is 41.6 Å². The lowest BCUT2D eigenvalue weighted by Gasteiger charge is -2.26. The number of benzene rings is 2. The first kappa shape index (κ1) is 26.8. The maximum absolute atomic E-state index is 15.3. The summed E-state index contributed by atoms with van der Waals surface area (Å²) in [6.45, 7) is 4.70. The molecule has 0 bridgehead atoms. The fraction of sp³-hybridized carbons (Fsp3) is 0.458. The van der Waals surface area contributed by atoms with Gasteiger partial charge in [0.15, 0.2) is 0 Å². The number of nitrogens with one attached hydrogen (secondary N) is 1. The molecule has 0 spiro atoms. The van der Waals surface area contributed by atoms with Crippen molar-refractivity contribution in [1.29, 1.82) is 0 Å². The van der Waals surface area contributed by atoms with E-state index < -0.39 is 47.5 Å². The molecule has 3 rings (SSSR count). The lowest BCUT2D eigenvalue weighted by molar-refractivity contribution is -0.143. The van der Waals surface area contributed by atoms with Gasteiger partial charge in [-0.25, -0.2) is 9.18 Å². The molecule has 0 saturated carbocycles. The third-order valence-electron chi connectivity index (χ3n) is 5.62. The van der Waals surface area contributed by atoms with Crippen LogP contribution in [0.15, 0.2) is 30.3 Å². The van der Waals surface area contributed by atoms with Gasteiger partial charge in [-0.3, -0.25) is 4.90 Å². The number of hydrogen-bond acceptors (Lipinski definition) is 3. The maximum atomic E-state index is 15.3. The molecular formula is C24H25F7N2O2. The molecule has 1 unspecified atom stereocenters. The number of halogens is 7. The number of nitrogens with zero attached hydrogens (tertiary/aromatic N) is 1. The molecular weight excluding hydrogens is 481 g/mol. The van der Waals surface area contributed by atoms with E-state index in [1.54, 1.807) is 19.9 Å². The summed E-state index contributed by atoms with van der Waals surface area (Å²) in [4.78, 5) is 13.9. The fourth-order valence-corrected chi connectivity index (χ4v) is 4.00. The Kier molecular flexibility index (Phi) is 7.68. The molecule has 0 aliphatic carbocycles. The Morgan fingerprint density at radius 1 is 1.09 bits per heavy atom. The van der Waals surface area contributed by atoms with Crippen molar-refractivity contribution < 1.29 is 40.3 Å². The third-order valence-corrected chi connectivity index (χ3v) is 5.62. The van der Waals surface area contributed by atoms with Gasteiger partial charge in [0.2, 0.25) is 0 Å². The average Bonchev–Trinajstić information content (AvgIpc) is 2.92. The molecule has 192 valence electrons. The van der Waals surface area contributed by atoms with Gasteiger partial charge in [-0.2, -0.15) is 26.3 Å². The van der Waals surface area contributed by atoms with Gasteiger partial charge in [0.05, 0.1) is 22.9 Å². The highest BCUT2D eigenvalue weighted by atomic mass is 19.4. The van der Waals surface area contributed by atoms with Crippen molar-refractivity contribution in [1.82, 2.24) is 5.32 Å². The van der Waals surface area contributed by atoms with Gasteiger partial charge in [0.1, 0.15) is 5.82 Å². The summed E-state index contributed by atoms with van der Waals surface area (Å²) in [6.07, 6.45) is -10.3. The summed E-state index contributed by atoms with van der Waals surface area (Å²) >= 11 is 0. The van der Waals surface area contributed by atoms with E-state index in [0.717, 1.165) is 0 Å². The van der Waals surface area contributed by atoms with Gasteiger partial charge in [0.25, 0.3) is 0 Å². The minimum Gasteiger partial charge on any atom is -0.446 e. The van der Waals surface area contributed by atoms with Crippen molar-refractivity contribution in [3.8, 4) is 0 Å². The van der Waals surface area contributed by atoms with E-state index in [-0.39, 0.29) is 41.5 Å². The van der Waals surface area contributed by atoms with Crippen LogP contribution in [0.5, 0.6) is 0 Å². The van der Waals surface area contributed by atoms with E-state index in [9.17, 15) is 31.1 Å². The van der Waals surface area contributed by atoms with Crippen molar-refractivity contribution in [2.45, 2.75) is 64.7 Å². The average molecular weight is 506 g/mol. The molecule has 1 aliphatic heterocycles. The molecule has 0 aromatic heterocycles. The van der Waals surface area contributed by atoms with E-state index in [4.69, 9.17) is 4.74 Å². The van der Waals surface area contributed by atoms with E-state index in [1.165, 1.54) is 17.9 Å². The second-order valence-electron chi connectivity index (χ2n) is 8.70. The maximum Gasteiger partial charge on any atom is 0.416 e. The normalized spacial score (nSPS) is 16.8. The molecule has 0 radical (unpaired) electrons. The number of amides is 1. The number of carbonyl (C=O) groups is 1. The van der Waals surface area contributed by atoms with Crippen LogP contribution in [0.3, 0.4) is 0 Å². The molecule has 1 amide bonds. The Morgan fingerprint density at radius 3 is 2.23 bits per heavy atom. The minimum atomic E-state index is -4.97. The Bertz CT molecular complexity index is 1050. The zero-order valence-corrected chi connectivity index (χ0v) is 19.3. The van der Waals surface area contributed by atoms with Crippen LogP contribution in [0.25, 0.3) is 0 Å². The molecule has 11 heteroatoms. The number of ether oxygens (including phenoxy) is 1. The minimum absolute atomic E-state index is 0.0612. The van der Waals surface area contributed by atoms with Crippen LogP contribution in [-0.2, 0) is 23.6 Å². The van der Waals surface area contributed by atoms with Crippen LogP contribution in [0.1, 0.15) is 60.5 Å². The van der Waals surface area contributed by atoms with Crippen LogP contribution in [0.4, 0.5) is 41.2 Å². The molecule has 1 atom stereocenters. The second kappa shape index (κ2) is 10.0. The lowest BCUT2D eigenvalue weighted by atomic mass is 9.97. The Balaban J connectivity index is 1.96. The van der Waals surface area contributed by atoms with Crippen molar-refractivity contribution in [3.63, 3.8) is 0 Å². The van der Waals surface area contributed by atoms with Crippen LogP contribution in [0.2, 0.25) is 0 Å². The molecule has 0 fully saturated rings. The van der Waals surface area contributed by atoms with Crippen molar-refractivity contribution in [3.05, 3.63) is 64.0 Å². The monoisotopic (exact) mass is 506 g/mol. The molecule has 35 heavy (non-hydrogen) atoms. The number of carbonyl (C=O) groups excluding carboxylic acids is 1. The summed E-state index contributed by atoms with van der Waals surface area (Å²) in [7, 11) is 0. The first-order chi connectivity index (χ1) is 16.2. The third kappa shape index (κ3) is 6.25. The van der Waals surface area contributed by atoms with Gasteiger partial charge in [0, 0.05) is 24.7 Å². The van der Waals surface area contributed by atoms with E-state index in [0.29, 0.717) is 25.0 Å². The molecule has 4 nitrogen and oxygen atoms in total. The Morgan fingerprint density at radius 2 is 1.69 bits per heavy atom. The van der Waals surface area contributed by atoms with Gasteiger partial charge < -0.3 is 10.1 Å². The number of fused-ring (bicyclic) bond motifs is 1. The van der Waals surface area contributed by atoms with Crippen molar-refractivity contribution in [2.75, 3.05) is 11.4 Å².